The molecule has 4 nitrogen and oxygen atoms in total. The lowest BCUT2D eigenvalue weighted by atomic mass is 10.1. The molecule has 0 fully saturated rings. The highest BCUT2D eigenvalue weighted by molar-refractivity contribution is 5.49. The third-order valence-corrected chi connectivity index (χ3v) is 2.97. The minimum absolute atomic E-state index is 0.673. The number of aromatic nitrogens is 2. The van der Waals surface area contributed by atoms with Crippen molar-refractivity contribution in [3.63, 3.8) is 0 Å². The average molecular weight is 240 g/mol. The Morgan fingerprint density at radius 2 is 2.11 bits per heavy atom. The minimum Gasteiger partial charge on any atom is -0.477 e. The Kier molecular flexibility index (Phi) is 3.08. The van der Waals surface area contributed by atoms with Gasteiger partial charge >= 0.3 is 0 Å². The molecular weight excluding hydrogens is 226 g/mol. The Morgan fingerprint density at radius 3 is 3.00 bits per heavy atom. The topological polar surface area (TPSA) is 47.0 Å². The third kappa shape index (κ3) is 2.27. The highest BCUT2D eigenvalue weighted by Gasteiger charge is 2.16. The maximum absolute atomic E-state index is 5.49. The van der Waals surface area contributed by atoms with Gasteiger partial charge in [0.15, 0.2) is 0 Å². The number of nitrogens with zero attached hydrogens (tertiary/aromatic N) is 2. The second-order valence-corrected chi connectivity index (χ2v) is 4.25. The van der Waals surface area contributed by atoms with E-state index in [9.17, 15) is 0 Å². The molecule has 0 bridgehead atoms. The molecule has 2 aromatic rings. The number of nitrogens with one attached hydrogen (secondary N) is 1. The summed E-state index contributed by atoms with van der Waals surface area (Å²) in [5.74, 6) is 1.51. The summed E-state index contributed by atoms with van der Waals surface area (Å²) in [6.07, 6.45) is 4.61. The summed E-state index contributed by atoms with van der Waals surface area (Å²) in [6, 6.07) is 10.2. The zero-order valence-corrected chi connectivity index (χ0v) is 10.0. The predicted octanol–water partition coefficient (Wildman–Crippen LogP) is 2.21. The molecule has 1 aliphatic rings. The van der Waals surface area contributed by atoms with E-state index in [2.05, 4.69) is 33.7 Å². The fourth-order valence-electron chi connectivity index (χ4n) is 2.05. The number of hydrogen-bond donors (Lipinski definition) is 1. The van der Waals surface area contributed by atoms with Crippen molar-refractivity contribution >= 4 is 5.82 Å². The summed E-state index contributed by atoms with van der Waals surface area (Å²) in [7, 11) is 0. The second kappa shape index (κ2) is 5.04. The van der Waals surface area contributed by atoms with E-state index in [4.69, 9.17) is 4.74 Å². The number of hydrogen-bond acceptors (Lipinski definition) is 4. The van der Waals surface area contributed by atoms with Crippen molar-refractivity contribution in [1.29, 1.82) is 0 Å². The van der Waals surface area contributed by atoms with Gasteiger partial charge in [0.25, 0.3) is 0 Å². The number of ether oxygens (including phenoxy) is 1. The fourth-order valence-corrected chi connectivity index (χ4v) is 2.05. The van der Waals surface area contributed by atoms with Crippen LogP contribution in [0.25, 0.3) is 0 Å². The Bertz CT molecular complexity index is 528. The van der Waals surface area contributed by atoms with E-state index in [1.165, 1.54) is 5.56 Å². The molecule has 3 rings (SSSR count). The van der Waals surface area contributed by atoms with Crippen molar-refractivity contribution in [1.82, 2.24) is 9.97 Å². The molecule has 0 saturated carbocycles. The molecule has 1 aromatic heterocycles. The summed E-state index contributed by atoms with van der Waals surface area (Å²) in [5.41, 5.74) is 2.29. The first-order chi connectivity index (χ1) is 8.93. The van der Waals surface area contributed by atoms with Crippen LogP contribution in [0.5, 0.6) is 5.88 Å². The smallest absolute Gasteiger partial charge is 0.222 e. The van der Waals surface area contributed by atoms with Gasteiger partial charge in [0.1, 0.15) is 5.82 Å². The van der Waals surface area contributed by atoms with Crippen molar-refractivity contribution in [2.75, 3.05) is 11.9 Å². The van der Waals surface area contributed by atoms with E-state index >= 15 is 0 Å². The van der Waals surface area contributed by atoms with Gasteiger partial charge in [-0.3, -0.25) is 0 Å². The highest BCUT2D eigenvalue weighted by atomic mass is 16.5. The molecule has 0 atom stereocenters. The van der Waals surface area contributed by atoms with E-state index in [0.717, 1.165) is 37.4 Å². The maximum Gasteiger partial charge on any atom is 0.222 e. The van der Waals surface area contributed by atoms with E-state index in [0.29, 0.717) is 5.88 Å². The van der Waals surface area contributed by atoms with Crippen molar-refractivity contribution in [2.24, 2.45) is 0 Å². The first-order valence-electron chi connectivity index (χ1n) is 6.11. The number of benzene rings is 1. The molecule has 0 unspecified atom stereocenters. The molecular formula is C14H14N3O. The lowest BCUT2D eigenvalue weighted by molar-refractivity contribution is 0.275. The summed E-state index contributed by atoms with van der Waals surface area (Å²) >= 11 is 0. The quantitative estimate of drug-likeness (QED) is 0.893. The van der Waals surface area contributed by atoms with E-state index in [-0.39, 0.29) is 0 Å². The van der Waals surface area contributed by atoms with Crippen LogP contribution in [0.4, 0.5) is 5.82 Å². The standard InChI is InChI=1S/C14H14N3O/c1-2-5-11(6-3-1)9-15-13-12-7-4-8-18-14(12)17-10-16-13/h1-3,5-6H,4,7-9H2,(H,15,16,17). The number of fused-ring (bicyclic) bond motifs is 1. The molecule has 91 valence electrons. The van der Waals surface area contributed by atoms with Crippen LogP contribution >= 0.6 is 0 Å². The molecule has 1 aromatic carbocycles. The molecule has 4 heteroatoms. The summed E-state index contributed by atoms with van der Waals surface area (Å²) in [6.45, 7) is 1.48. The largest absolute Gasteiger partial charge is 0.477 e. The van der Waals surface area contributed by atoms with Crippen molar-refractivity contribution < 1.29 is 4.74 Å². The monoisotopic (exact) mass is 240 g/mol. The molecule has 0 saturated heterocycles. The van der Waals surface area contributed by atoms with Crippen LogP contribution in [-0.2, 0) is 13.0 Å². The fraction of sp³-hybridized carbons (Fsp3) is 0.286. The maximum atomic E-state index is 5.49. The zero-order valence-electron chi connectivity index (χ0n) is 10.0. The Hall–Kier alpha value is -2.10. The van der Waals surface area contributed by atoms with Gasteiger partial charge in [-0.05, 0) is 18.4 Å². The van der Waals surface area contributed by atoms with E-state index < -0.39 is 0 Å². The Balaban J connectivity index is 1.77. The molecule has 18 heavy (non-hydrogen) atoms. The summed E-state index contributed by atoms with van der Waals surface area (Å²) in [5, 5.41) is 3.33. The third-order valence-electron chi connectivity index (χ3n) is 2.97. The van der Waals surface area contributed by atoms with Crippen molar-refractivity contribution in [3.05, 3.63) is 47.8 Å². The molecule has 0 aliphatic carbocycles. The number of rotatable bonds is 3. The molecule has 1 N–H and O–H groups in total. The average Bonchev–Trinajstić information content (AvgIpc) is 2.46. The van der Waals surface area contributed by atoms with Crippen LogP contribution in [0.2, 0.25) is 0 Å². The van der Waals surface area contributed by atoms with Gasteiger partial charge < -0.3 is 10.1 Å². The molecule has 2 heterocycles. The molecule has 0 amide bonds. The Morgan fingerprint density at radius 1 is 1.22 bits per heavy atom. The highest BCUT2D eigenvalue weighted by Crippen LogP contribution is 2.27. The van der Waals surface area contributed by atoms with Crippen LogP contribution in [0.1, 0.15) is 17.5 Å². The van der Waals surface area contributed by atoms with Gasteiger partial charge in [0.2, 0.25) is 12.2 Å². The Labute approximate surface area is 106 Å². The van der Waals surface area contributed by atoms with Crippen LogP contribution in [-0.4, -0.2) is 16.6 Å². The lowest BCUT2D eigenvalue weighted by Crippen LogP contribution is -2.14. The van der Waals surface area contributed by atoms with Gasteiger partial charge in [0, 0.05) is 6.54 Å². The van der Waals surface area contributed by atoms with E-state index in [1.54, 1.807) is 0 Å². The minimum atomic E-state index is 0.673. The SMILES string of the molecule is [c]1nc(NCc2ccccc2)c2c(n1)OCCC2. The number of anilines is 1. The first kappa shape index (κ1) is 11.0. The van der Waals surface area contributed by atoms with Gasteiger partial charge in [-0.15, -0.1) is 0 Å². The predicted molar refractivity (Wildman–Crippen MR) is 68.5 cm³/mol. The van der Waals surface area contributed by atoms with E-state index in [1.807, 2.05) is 18.2 Å². The molecule has 1 radical (unpaired) electrons. The van der Waals surface area contributed by atoms with Gasteiger partial charge in [-0.1, -0.05) is 30.3 Å². The summed E-state index contributed by atoms with van der Waals surface area (Å²) in [4.78, 5) is 8.22. The second-order valence-electron chi connectivity index (χ2n) is 4.25. The zero-order chi connectivity index (χ0) is 12.2. The first-order valence-corrected chi connectivity index (χ1v) is 6.11. The van der Waals surface area contributed by atoms with Gasteiger partial charge in [-0.25, -0.2) is 4.98 Å². The van der Waals surface area contributed by atoms with Gasteiger partial charge in [0.05, 0.1) is 12.2 Å². The van der Waals surface area contributed by atoms with Crippen LogP contribution in [0.3, 0.4) is 0 Å². The van der Waals surface area contributed by atoms with Crippen LogP contribution < -0.4 is 10.1 Å². The van der Waals surface area contributed by atoms with Gasteiger partial charge in [-0.2, -0.15) is 4.98 Å². The van der Waals surface area contributed by atoms with Crippen LogP contribution in [0, 0.1) is 6.33 Å². The normalized spacial score (nSPS) is 13.6. The lowest BCUT2D eigenvalue weighted by Gasteiger charge is -2.18. The van der Waals surface area contributed by atoms with Crippen molar-refractivity contribution in [3.8, 4) is 5.88 Å². The van der Waals surface area contributed by atoms with Crippen LogP contribution in [0.15, 0.2) is 30.3 Å². The molecule has 1 aliphatic heterocycles. The van der Waals surface area contributed by atoms with Crippen molar-refractivity contribution in [2.45, 2.75) is 19.4 Å². The molecule has 0 spiro atoms. The summed E-state index contributed by atoms with van der Waals surface area (Å²) < 4.78 is 5.49.